The third-order valence-corrected chi connectivity index (χ3v) is 4.66. The summed E-state index contributed by atoms with van der Waals surface area (Å²) < 4.78 is 11.3. The molecule has 128 valence electrons. The number of morpholine rings is 1. The lowest BCUT2D eigenvalue weighted by Gasteiger charge is -2.31. The van der Waals surface area contributed by atoms with Crippen molar-refractivity contribution in [2.24, 2.45) is 5.73 Å². The summed E-state index contributed by atoms with van der Waals surface area (Å²) in [4.78, 5) is 13.8. The van der Waals surface area contributed by atoms with E-state index in [1.165, 1.54) is 0 Å². The Morgan fingerprint density at radius 1 is 1.04 bits per heavy atom. The molecule has 1 unspecified atom stereocenters. The van der Waals surface area contributed by atoms with Crippen LogP contribution in [0.5, 0.6) is 5.75 Å². The van der Waals surface area contributed by atoms with Crippen LogP contribution in [0.3, 0.4) is 0 Å². The van der Waals surface area contributed by atoms with E-state index in [0.29, 0.717) is 5.75 Å². The van der Waals surface area contributed by atoms with E-state index in [-0.39, 0.29) is 11.8 Å². The molecule has 25 heavy (non-hydrogen) atoms. The van der Waals surface area contributed by atoms with Gasteiger partial charge in [0, 0.05) is 35.5 Å². The van der Waals surface area contributed by atoms with E-state index >= 15 is 0 Å². The summed E-state index contributed by atoms with van der Waals surface area (Å²) in [5.41, 5.74) is 9.90. The van der Waals surface area contributed by atoms with Crippen molar-refractivity contribution in [2.75, 3.05) is 31.2 Å². The third kappa shape index (κ3) is 2.87. The lowest BCUT2D eigenvalue weighted by Crippen LogP contribution is -2.36. The van der Waals surface area contributed by atoms with E-state index in [0.717, 1.165) is 55.0 Å². The average Bonchev–Trinajstić information content (AvgIpc) is 2.67. The molecule has 2 heterocycles. The van der Waals surface area contributed by atoms with Gasteiger partial charge in [-0.05, 0) is 12.1 Å². The van der Waals surface area contributed by atoms with Crippen molar-refractivity contribution in [2.45, 2.75) is 5.92 Å². The van der Waals surface area contributed by atoms with Crippen molar-refractivity contribution in [1.29, 1.82) is 0 Å². The molecule has 0 bridgehead atoms. The van der Waals surface area contributed by atoms with Crippen LogP contribution in [-0.4, -0.2) is 32.6 Å². The zero-order valence-corrected chi connectivity index (χ0v) is 13.9. The summed E-state index contributed by atoms with van der Waals surface area (Å²) in [5, 5.41) is 0. The Labute approximate surface area is 146 Å². The highest BCUT2D eigenvalue weighted by atomic mass is 16.5. The van der Waals surface area contributed by atoms with Crippen LogP contribution in [0.25, 0.3) is 11.1 Å². The van der Waals surface area contributed by atoms with E-state index in [9.17, 15) is 4.79 Å². The molecule has 0 aliphatic carbocycles. The zero-order chi connectivity index (χ0) is 17.2. The predicted octanol–water partition coefficient (Wildman–Crippen LogP) is 2.67. The van der Waals surface area contributed by atoms with E-state index in [2.05, 4.69) is 17.0 Å². The fraction of sp³-hybridized carbons (Fsp3) is 0.250. The third-order valence-electron chi connectivity index (χ3n) is 4.66. The number of para-hydroxylation sites is 2. The Morgan fingerprint density at radius 2 is 1.80 bits per heavy atom. The van der Waals surface area contributed by atoms with Gasteiger partial charge in [0.25, 0.3) is 0 Å². The Hall–Kier alpha value is -2.79. The molecular weight excluding hydrogens is 316 g/mol. The fourth-order valence-electron chi connectivity index (χ4n) is 3.46. The number of aldehydes is 1. The second-order valence-electron chi connectivity index (χ2n) is 6.17. The van der Waals surface area contributed by atoms with E-state index in [4.69, 9.17) is 15.2 Å². The van der Waals surface area contributed by atoms with Gasteiger partial charge in [-0.25, -0.2) is 0 Å². The molecule has 0 spiro atoms. The van der Waals surface area contributed by atoms with Crippen LogP contribution in [-0.2, 0) is 9.53 Å². The summed E-state index contributed by atoms with van der Waals surface area (Å²) in [6.45, 7) is 3.15. The molecule has 2 N–H and O–H groups in total. The van der Waals surface area contributed by atoms with Gasteiger partial charge in [0.2, 0.25) is 0 Å². The number of nitrogens with two attached hydrogens (primary N) is 1. The van der Waals surface area contributed by atoms with Crippen molar-refractivity contribution in [3.05, 3.63) is 60.0 Å². The molecule has 0 radical (unpaired) electrons. The Morgan fingerprint density at radius 3 is 2.60 bits per heavy atom. The van der Waals surface area contributed by atoms with Crippen LogP contribution in [0.4, 0.5) is 5.69 Å². The quantitative estimate of drug-likeness (QED) is 0.873. The van der Waals surface area contributed by atoms with Crippen LogP contribution < -0.4 is 15.4 Å². The maximum Gasteiger partial charge on any atom is 0.187 e. The number of anilines is 1. The summed E-state index contributed by atoms with van der Waals surface area (Å²) in [7, 11) is 0. The molecule has 2 aromatic carbocycles. The van der Waals surface area contributed by atoms with Gasteiger partial charge in [0.1, 0.15) is 12.0 Å². The minimum atomic E-state index is -0.376. The topological polar surface area (TPSA) is 64.8 Å². The lowest BCUT2D eigenvalue weighted by molar-refractivity contribution is -0.108. The first-order valence-electron chi connectivity index (χ1n) is 8.43. The second kappa shape index (κ2) is 6.61. The number of benzene rings is 2. The van der Waals surface area contributed by atoms with E-state index < -0.39 is 0 Å². The Kier molecular flexibility index (Phi) is 4.15. The molecule has 0 aromatic heterocycles. The van der Waals surface area contributed by atoms with Gasteiger partial charge in [-0.1, -0.05) is 36.4 Å². The second-order valence-corrected chi connectivity index (χ2v) is 6.17. The molecule has 2 aliphatic rings. The molecule has 4 rings (SSSR count). The van der Waals surface area contributed by atoms with Crippen LogP contribution in [0.1, 0.15) is 11.5 Å². The molecule has 0 saturated carbocycles. The zero-order valence-electron chi connectivity index (χ0n) is 13.9. The smallest absolute Gasteiger partial charge is 0.187 e. The van der Waals surface area contributed by atoms with Crippen molar-refractivity contribution < 1.29 is 14.3 Å². The van der Waals surface area contributed by atoms with Crippen LogP contribution in [0, 0.1) is 0 Å². The number of fused-ring (bicyclic) bond motifs is 1. The van der Waals surface area contributed by atoms with Crippen LogP contribution in [0.2, 0.25) is 0 Å². The molecule has 1 fully saturated rings. The highest BCUT2D eigenvalue weighted by molar-refractivity contribution is 5.85. The van der Waals surface area contributed by atoms with Crippen molar-refractivity contribution in [1.82, 2.24) is 0 Å². The Bertz CT molecular complexity index is 825. The Balaban J connectivity index is 1.83. The van der Waals surface area contributed by atoms with Crippen molar-refractivity contribution in [3.8, 4) is 16.9 Å². The average molecular weight is 336 g/mol. The standard InChI is InChI=1S/C20H20N2O3/c21-19-12-14(13-23)15-5-3-6-17(20(15)25-19)16-4-1-2-7-18(16)22-8-10-24-11-9-22/h1-7,12-14H,8-11,21H2. The molecule has 2 aromatic rings. The maximum atomic E-state index is 11.5. The number of allylic oxidation sites excluding steroid dienone is 1. The number of hydrogen-bond donors (Lipinski definition) is 1. The van der Waals surface area contributed by atoms with Gasteiger partial charge < -0.3 is 24.9 Å². The normalized spacial score (nSPS) is 19.6. The molecule has 5 nitrogen and oxygen atoms in total. The first-order chi connectivity index (χ1) is 12.3. The van der Waals surface area contributed by atoms with Crippen molar-refractivity contribution in [3.63, 3.8) is 0 Å². The van der Waals surface area contributed by atoms with Gasteiger partial charge in [0.15, 0.2) is 5.88 Å². The van der Waals surface area contributed by atoms with Gasteiger partial charge in [0.05, 0.1) is 19.1 Å². The molecule has 2 aliphatic heterocycles. The summed E-state index contributed by atoms with van der Waals surface area (Å²) in [6.07, 6.45) is 2.54. The fourth-order valence-corrected chi connectivity index (χ4v) is 3.46. The monoisotopic (exact) mass is 336 g/mol. The highest BCUT2D eigenvalue weighted by Crippen LogP contribution is 2.43. The number of ether oxygens (including phenoxy) is 2. The highest BCUT2D eigenvalue weighted by Gasteiger charge is 2.25. The number of carbonyl (C=O) groups excluding carboxylic acids is 1. The number of carbonyl (C=O) groups is 1. The summed E-state index contributed by atoms with van der Waals surface area (Å²) >= 11 is 0. The first-order valence-corrected chi connectivity index (χ1v) is 8.43. The molecule has 0 amide bonds. The largest absolute Gasteiger partial charge is 0.441 e. The molecular formula is C20H20N2O3. The molecule has 5 heteroatoms. The SMILES string of the molecule is NC1=CC(C=O)c2cccc(-c3ccccc3N3CCOCC3)c2O1. The van der Waals surface area contributed by atoms with Crippen LogP contribution in [0.15, 0.2) is 54.4 Å². The minimum Gasteiger partial charge on any atom is -0.441 e. The van der Waals surface area contributed by atoms with Crippen LogP contribution >= 0.6 is 0 Å². The van der Waals surface area contributed by atoms with E-state index in [1.807, 2.05) is 30.3 Å². The molecule has 1 saturated heterocycles. The van der Waals surface area contributed by atoms with Crippen molar-refractivity contribution >= 4 is 12.0 Å². The first kappa shape index (κ1) is 15.7. The minimum absolute atomic E-state index is 0.265. The summed E-state index contributed by atoms with van der Waals surface area (Å²) in [5.74, 6) is 0.556. The number of rotatable bonds is 3. The van der Waals surface area contributed by atoms with Gasteiger partial charge in [-0.3, -0.25) is 0 Å². The van der Waals surface area contributed by atoms with Gasteiger partial charge in [-0.2, -0.15) is 0 Å². The molecule has 1 atom stereocenters. The summed E-state index contributed by atoms with van der Waals surface area (Å²) in [6, 6.07) is 14.1. The lowest BCUT2D eigenvalue weighted by atomic mass is 9.92. The number of nitrogens with zero attached hydrogens (tertiary/aromatic N) is 1. The van der Waals surface area contributed by atoms with E-state index in [1.54, 1.807) is 6.08 Å². The maximum absolute atomic E-state index is 11.5. The van der Waals surface area contributed by atoms with Gasteiger partial charge in [-0.15, -0.1) is 0 Å². The predicted molar refractivity (Wildman–Crippen MR) is 96.6 cm³/mol. The van der Waals surface area contributed by atoms with Gasteiger partial charge >= 0.3 is 0 Å². The number of hydrogen-bond acceptors (Lipinski definition) is 5.